The number of fused-ring (bicyclic) bond motifs is 6. The maximum absolute atomic E-state index is 12.2. The van der Waals surface area contributed by atoms with E-state index in [0.717, 1.165) is 88.4 Å². The highest BCUT2D eigenvalue weighted by atomic mass is 16.7. The van der Waals surface area contributed by atoms with Crippen molar-refractivity contribution in [3.8, 4) is 0 Å². The van der Waals surface area contributed by atoms with E-state index in [4.69, 9.17) is 23.7 Å². The molecule has 10 nitrogen and oxygen atoms in total. The third kappa shape index (κ3) is 10.9. The Morgan fingerprint density at radius 3 is 1.84 bits per heavy atom. The smallest absolute Gasteiger partial charge is 0.330 e. The molecule has 8 rings (SSSR count). The summed E-state index contributed by atoms with van der Waals surface area (Å²) in [5.74, 6) is 2.45. The Bertz CT molecular complexity index is 1580. The van der Waals surface area contributed by atoms with Crippen molar-refractivity contribution in [2.45, 2.75) is 227 Å². The number of esters is 5. The Kier molecular flexibility index (Phi) is 16.6. The van der Waals surface area contributed by atoms with E-state index in [0.29, 0.717) is 24.7 Å². The molecular formula is C52H84O10. The molecule has 1 heterocycles. The molecule has 0 aromatic carbocycles. The van der Waals surface area contributed by atoms with Crippen LogP contribution in [0.5, 0.6) is 0 Å². The minimum absolute atomic E-state index is 0.00347. The summed E-state index contributed by atoms with van der Waals surface area (Å²) in [6.07, 6.45) is 24.1. The van der Waals surface area contributed by atoms with Gasteiger partial charge in [-0.15, -0.1) is 0 Å². The van der Waals surface area contributed by atoms with Crippen LogP contribution < -0.4 is 0 Å². The van der Waals surface area contributed by atoms with E-state index in [2.05, 4.69) is 27.4 Å². The van der Waals surface area contributed by atoms with Gasteiger partial charge < -0.3 is 23.7 Å². The number of hydrogen-bond donors (Lipinski definition) is 0. The molecule has 7 saturated carbocycles. The maximum atomic E-state index is 12.2. The van der Waals surface area contributed by atoms with Gasteiger partial charge in [-0.2, -0.15) is 0 Å². The Morgan fingerprint density at radius 2 is 1.31 bits per heavy atom. The molecule has 0 aromatic heterocycles. The van der Waals surface area contributed by atoms with E-state index < -0.39 is 11.2 Å². The second-order valence-corrected chi connectivity index (χ2v) is 21.8. The molecule has 8 aliphatic rings. The summed E-state index contributed by atoms with van der Waals surface area (Å²) in [4.78, 5) is 58.9. The zero-order chi connectivity index (χ0) is 45.7. The summed E-state index contributed by atoms with van der Waals surface area (Å²) < 4.78 is 28.0. The average molecular weight is 869 g/mol. The lowest BCUT2D eigenvalue weighted by atomic mass is 9.80. The molecule has 10 atom stereocenters. The normalized spacial score (nSPS) is 33.0. The highest BCUT2D eigenvalue weighted by Gasteiger charge is 2.68. The topological polar surface area (TPSA) is 132 Å². The van der Waals surface area contributed by atoms with Gasteiger partial charge in [0.1, 0.15) is 17.3 Å². The summed E-state index contributed by atoms with van der Waals surface area (Å²) in [5.41, 5.74) is -1.09. The van der Waals surface area contributed by atoms with Gasteiger partial charge in [-0.3, -0.25) is 19.2 Å². The van der Waals surface area contributed by atoms with Gasteiger partial charge in [0.2, 0.25) is 0 Å². The lowest BCUT2D eigenvalue weighted by Gasteiger charge is -2.33. The zero-order valence-electron chi connectivity index (χ0n) is 40.4. The van der Waals surface area contributed by atoms with Crippen molar-refractivity contribution in [1.29, 1.82) is 0 Å². The third-order valence-electron chi connectivity index (χ3n) is 17.3. The van der Waals surface area contributed by atoms with Crippen molar-refractivity contribution >= 4 is 29.8 Å². The Labute approximate surface area is 374 Å². The van der Waals surface area contributed by atoms with Gasteiger partial charge in [0.15, 0.2) is 0 Å². The van der Waals surface area contributed by atoms with Crippen LogP contribution in [0.25, 0.3) is 0 Å². The SMILES string of the molecule is C=CC(=O)OC1(CC)CCCC1.CCC(C)(C)C(=O)OC12CC3CC(C(=O)O1)C2C3.CCC(C)(C)C(=O)OC1CC2CC1C1CCCC21.CCC(C)C(=O)OC1(CC)CCCC1. The van der Waals surface area contributed by atoms with Crippen LogP contribution in [0.1, 0.15) is 204 Å². The minimum Gasteiger partial charge on any atom is -0.462 e. The van der Waals surface area contributed by atoms with Crippen molar-refractivity contribution in [1.82, 2.24) is 0 Å². The zero-order valence-corrected chi connectivity index (χ0v) is 40.4. The molecule has 0 radical (unpaired) electrons. The lowest BCUT2D eigenvalue weighted by Crippen LogP contribution is -2.42. The van der Waals surface area contributed by atoms with Gasteiger partial charge in [0.25, 0.3) is 5.79 Å². The molecule has 0 amide bonds. The summed E-state index contributed by atoms with van der Waals surface area (Å²) in [7, 11) is 0. The van der Waals surface area contributed by atoms with Crippen LogP contribution in [0.4, 0.5) is 0 Å². The van der Waals surface area contributed by atoms with Gasteiger partial charge in [-0.25, -0.2) is 4.79 Å². The number of rotatable bonds is 13. The van der Waals surface area contributed by atoms with Crippen LogP contribution in [0.15, 0.2) is 12.7 Å². The van der Waals surface area contributed by atoms with Gasteiger partial charge in [-0.05, 0) is 179 Å². The highest BCUT2D eigenvalue weighted by Crippen LogP contribution is 2.61. The van der Waals surface area contributed by atoms with Crippen LogP contribution >= 0.6 is 0 Å². The first-order valence-corrected chi connectivity index (χ1v) is 25.0. The molecule has 7 aliphatic carbocycles. The fourth-order valence-electron chi connectivity index (χ4n) is 12.0. The molecule has 1 aliphatic heterocycles. The fraction of sp³-hybridized carbons (Fsp3) is 0.865. The maximum Gasteiger partial charge on any atom is 0.330 e. The Hall–Kier alpha value is -2.91. The average Bonchev–Trinajstić information content (AvgIpc) is 4.12. The Balaban J connectivity index is 0.000000158. The number of hydrogen-bond acceptors (Lipinski definition) is 10. The molecule has 352 valence electrons. The van der Waals surface area contributed by atoms with E-state index in [1.807, 2.05) is 48.5 Å². The largest absolute Gasteiger partial charge is 0.462 e. The molecule has 0 aromatic rings. The standard InChI is InChI=1S/C16H26O2.C14H20O4.C12H22O2.C10H16O2/c1-4-16(2,3)15(17)18-14-9-10-8-13(14)12-7-5-6-11(10)12;1-4-13(2,3)12(16)18-14-7-8-5-9(10(14)6-8)11(15)17-14;1-4-10(3)11(13)14-12(5-2)8-6-7-9-12;1-3-9(11)12-10(4-2)7-5-6-8-10/h10-14H,4-9H2,1-3H3;8-10H,4-7H2,1-3H3;10H,4-9H2,1-3H3;3H,1,4-8H2,2H3. The molecule has 8 fully saturated rings. The molecule has 0 N–H and O–H groups in total. The Morgan fingerprint density at radius 1 is 0.742 bits per heavy atom. The van der Waals surface area contributed by atoms with Gasteiger partial charge >= 0.3 is 29.8 Å². The number of carbonyl (C=O) groups excluding carboxylic acids is 5. The quantitative estimate of drug-likeness (QED) is 0.100. The van der Waals surface area contributed by atoms with Gasteiger partial charge in [-0.1, -0.05) is 54.5 Å². The van der Waals surface area contributed by atoms with Gasteiger partial charge in [0, 0.05) is 12.5 Å². The third-order valence-corrected chi connectivity index (χ3v) is 17.3. The van der Waals surface area contributed by atoms with E-state index >= 15 is 0 Å². The summed E-state index contributed by atoms with van der Waals surface area (Å²) in [5, 5.41) is 0. The van der Waals surface area contributed by atoms with Crippen molar-refractivity contribution in [3.63, 3.8) is 0 Å². The molecule has 10 unspecified atom stereocenters. The van der Waals surface area contributed by atoms with E-state index in [1.54, 1.807) is 0 Å². The van der Waals surface area contributed by atoms with Gasteiger partial charge in [0.05, 0.1) is 28.6 Å². The first kappa shape index (κ1) is 50.1. The summed E-state index contributed by atoms with van der Waals surface area (Å²) in [6, 6.07) is 0. The predicted octanol–water partition coefficient (Wildman–Crippen LogP) is 11.8. The fourth-order valence-corrected chi connectivity index (χ4v) is 12.0. The first-order valence-electron chi connectivity index (χ1n) is 25.0. The molecule has 10 heteroatoms. The number of ether oxygens (including phenoxy) is 5. The van der Waals surface area contributed by atoms with Crippen LogP contribution in [0.2, 0.25) is 0 Å². The van der Waals surface area contributed by atoms with E-state index in [9.17, 15) is 24.0 Å². The van der Waals surface area contributed by atoms with Crippen LogP contribution in [0, 0.1) is 58.2 Å². The summed E-state index contributed by atoms with van der Waals surface area (Å²) >= 11 is 0. The van der Waals surface area contributed by atoms with E-state index in [-0.39, 0.29) is 70.3 Å². The predicted molar refractivity (Wildman–Crippen MR) is 239 cm³/mol. The first-order chi connectivity index (χ1) is 29.3. The van der Waals surface area contributed by atoms with Crippen LogP contribution in [-0.2, 0) is 47.7 Å². The molecular weight excluding hydrogens is 785 g/mol. The van der Waals surface area contributed by atoms with Crippen molar-refractivity contribution in [3.05, 3.63) is 12.7 Å². The lowest BCUT2D eigenvalue weighted by molar-refractivity contribution is -0.229. The van der Waals surface area contributed by atoms with Crippen LogP contribution in [-0.4, -0.2) is 52.9 Å². The molecule has 0 spiro atoms. The minimum atomic E-state index is -0.922. The molecule has 1 saturated heterocycles. The number of carbonyl (C=O) groups is 5. The monoisotopic (exact) mass is 869 g/mol. The van der Waals surface area contributed by atoms with Crippen molar-refractivity contribution in [2.75, 3.05) is 0 Å². The second kappa shape index (κ2) is 20.5. The molecule has 62 heavy (non-hydrogen) atoms. The van der Waals surface area contributed by atoms with Crippen molar-refractivity contribution in [2.24, 2.45) is 58.2 Å². The van der Waals surface area contributed by atoms with E-state index in [1.165, 1.54) is 57.4 Å². The summed E-state index contributed by atoms with van der Waals surface area (Å²) in [6.45, 7) is 23.3. The second-order valence-electron chi connectivity index (χ2n) is 21.8. The van der Waals surface area contributed by atoms with Crippen molar-refractivity contribution < 1.29 is 47.7 Å². The highest BCUT2D eigenvalue weighted by molar-refractivity contribution is 5.81. The molecule has 4 bridgehead atoms. The van der Waals surface area contributed by atoms with Crippen LogP contribution in [0.3, 0.4) is 0 Å².